The van der Waals surface area contributed by atoms with E-state index in [-0.39, 0.29) is 6.17 Å². The Morgan fingerprint density at radius 2 is 2.83 bits per heavy atom. The summed E-state index contributed by atoms with van der Waals surface area (Å²) in [7, 11) is 0. The predicted octanol–water partition coefficient (Wildman–Crippen LogP) is -1.10. The number of nitrogens with two attached hydrogens (primary N) is 1. The van der Waals surface area contributed by atoms with E-state index in [2.05, 4.69) is 10.3 Å². The molecule has 0 radical (unpaired) electrons. The van der Waals surface area contributed by atoms with Crippen LogP contribution in [0.2, 0.25) is 0 Å². The van der Waals surface area contributed by atoms with Crippen LogP contribution >= 0.6 is 0 Å². The zero-order valence-corrected chi connectivity index (χ0v) is 3.39. The van der Waals surface area contributed by atoms with Crippen molar-refractivity contribution in [1.29, 1.82) is 0 Å². The first-order valence-electron chi connectivity index (χ1n) is 1.88. The number of nitrogens with one attached hydrogen (secondary N) is 1. The minimum absolute atomic E-state index is 0.00463. The molecule has 0 aromatic heterocycles. The second kappa shape index (κ2) is 1.36. The maximum Gasteiger partial charge on any atom is 0.0924 e. The molecule has 0 aromatic carbocycles. The van der Waals surface area contributed by atoms with Crippen LogP contribution in [0.25, 0.3) is 0 Å². The highest BCUT2D eigenvalue weighted by Crippen LogP contribution is 1.74. The first-order chi connectivity index (χ1) is 2.89. The summed E-state index contributed by atoms with van der Waals surface area (Å²) in [4.78, 5) is 3.80. The van der Waals surface area contributed by atoms with Crippen LogP contribution in [0, 0.1) is 0 Å². The summed E-state index contributed by atoms with van der Waals surface area (Å²) >= 11 is 0. The predicted molar refractivity (Wildman–Crippen MR) is 24.5 cm³/mol. The molecule has 6 heavy (non-hydrogen) atoms. The lowest BCUT2D eigenvalue weighted by atomic mass is 10.6. The summed E-state index contributed by atoms with van der Waals surface area (Å²) < 4.78 is 0. The van der Waals surface area contributed by atoms with Crippen LogP contribution in [-0.2, 0) is 0 Å². The van der Waals surface area contributed by atoms with Crippen molar-refractivity contribution in [2.24, 2.45) is 10.7 Å². The molecular formula is C3H7N3. The fourth-order valence-electron chi connectivity index (χ4n) is 0.377. The van der Waals surface area contributed by atoms with Crippen LogP contribution in [0.15, 0.2) is 4.99 Å². The minimum atomic E-state index is 0.00463. The van der Waals surface area contributed by atoms with E-state index in [1.807, 2.05) is 0 Å². The zero-order chi connectivity index (χ0) is 4.41. The van der Waals surface area contributed by atoms with Crippen molar-refractivity contribution < 1.29 is 0 Å². The number of hydrogen-bond donors (Lipinski definition) is 2. The van der Waals surface area contributed by atoms with Gasteiger partial charge in [0.05, 0.1) is 12.8 Å². The number of nitrogens with zero attached hydrogens (tertiary/aromatic N) is 1. The van der Waals surface area contributed by atoms with E-state index in [9.17, 15) is 0 Å². The summed E-state index contributed by atoms with van der Waals surface area (Å²) in [6.45, 7) is 0.682. The van der Waals surface area contributed by atoms with Gasteiger partial charge in [-0.1, -0.05) is 0 Å². The Kier molecular flexibility index (Phi) is 0.856. The molecular weight excluding hydrogens is 78.1 g/mol. The van der Waals surface area contributed by atoms with Gasteiger partial charge in [0.1, 0.15) is 0 Å². The largest absolute Gasteiger partial charge is 0.311 e. The lowest BCUT2D eigenvalue weighted by molar-refractivity contribution is 0.707. The Hall–Kier alpha value is -0.410. The maximum absolute atomic E-state index is 5.27. The highest BCUT2D eigenvalue weighted by Gasteiger charge is 1.98. The molecule has 1 heterocycles. The first kappa shape index (κ1) is 3.77. The molecule has 3 nitrogen and oxygen atoms in total. The molecule has 0 fully saturated rings. The SMILES string of the molecule is NC1C=NCN1. The first-order valence-corrected chi connectivity index (χ1v) is 1.88. The monoisotopic (exact) mass is 85.1 g/mol. The Labute approximate surface area is 36.2 Å². The molecule has 1 aliphatic heterocycles. The van der Waals surface area contributed by atoms with Crippen LogP contribution < -0.4 is 11.1 Å². The van der Waals surface area contributed by atoms with Crippen LogP contribution in [0.1, 0.15) is 0 Å². The van der Waals surface area contributed by atoms with Crippen LogP contribution in [0.5, 0.6) is 0 Å². The average Bonchev–Trinajstić information content (AvgIpc) is 1.86. The number of aliphatic imine (C=N–C) groups is 1. The molecule has 1 atom stereocenters. The smallest absolute Gasteiger partial charge is 0.0924 e. The number of hydrogen-bond acceptors (Lipinski definition) is 3. The molecule has 0 saturated heterocycles. The third kappa shape index (κ3) is 0.555. The van der Waals surface area contributed by atoms with Crippen molar-refractivity contribution in [2.75, 3.05) is 6.67 Å². The van der Waals surface area contributed by atoms with E-state index >= 15 is 0 Å². The molecule has 1 rings (SSSR count). The number of rotatable bonds is 0. The Balaban J connectivity index is 2.38. The lowest BCUT2D eigenvalue weighted by Crippen LogP contribution is -2.33. The molecule has 0 amide bonds. The van der Waals surface area contributed by atoms with Gasteiger partial charge >= 0.3 is 0 Å². The van der Waals surface area contributed by atoms with Gasteiger partial charge in [-0.2, -0.15) is 0 Å². The molecule has 3 heteroatoms. The van der Waals surface area contributed by atoms with Crippen LogP contribution in [0.3, 0.4) is 0 Å². The van der Waals surface area contributed by atoms with Gasteiger partial charge in [0, 0.05) is 6.21 Å². The Morgan fingerprint density at radius 1 is 2.00 bits per heavy atom. The molecule has 0 bridgehead atoms. The summed E-state index contributed by atoms with van der Waals surface area (Å²) in [5, 5.41) is 2.88. The molecule has 1 aliphatic rings. The van der Waals surface area contributed by atoms with Gasteiger partial charge in [0.15, 0.2) is 0 Å². The molecule has 3 N–H and O–H groups in total. The van der Waals surface area contributed by atoms with Crippen molar-refractivity contribution >= 4 is 6.21 Å². The summed E-state index contributed by atoms with van der Waals surface area (Å²) in [6.07, 6.45) is 1.70. The minimum Gasteiger partial charge on any atom is -0.311 e. The molecule has 0 aliphatic carbocycles. The fourth-order valence-corrected chi connectivity index (χ4v) is 0.377. The molecule has 0 aromatic rings. The standard InChI is InChI=1S/C3H7N3/c4-3-1-5-2-6-3/h1,3,6H,2,4H2. The second-order valence-electron chi connectivity index (χ2n) is 1.22. The van der Waals surface area contributed by atoms with Gasteiger partial charge in [-0.15, -0.1) is 0 Å². The molecule has 0 saturated carbocycles. The van der Waals surface area contributed by atoms with Gasteiger partial charge in [-0.25, -0.2) is 0 Å². The van der Waals surface area contributed by atoms with Gasteiger partial charge in [-0.3, -0.25) is 10.3 Å². The summed E-state index contributed by atoms with van der Waals surface area (Å²) in [5.41, 5.74) is 5.27. The van der Waals surface area contributed by atoms with Gasteiger partial charge in [0.2, 0.25) is 0 Å². The average molecular weight is 85.1 g/mol. The third-order valence-corrected chi connectivity index (χ3v) is 0.684. The second-order valence-corrected chi connectivity index (χ2v) is 1.22. The molecule has 34 valence electrons. The van der Waals surface area contributed by atoms with E-state index in [4.69, 9.17) is 5.73 Å². The van der Waals surface area contributed by atoms with Crippen molar-refractivity contribution in [3.05, 3.63) is 0 Å². The van der Waals surface area contributed by atoms with Gasteiger partial charge in [-0.05, 0) is 0 Å². The van der Waals surface area contributed by atoms with Crippen LogP contribution in [0.4, 0.5) is 0 Å². The highest BCUT2D eigenvalue weighted by molar-refractivity contribution is 5.65. The molecule has 1 unspecified atom stereocenters. The Morgan fingerprint density at radius 3 is 3.00 bits per heavy atom. The normalized spacial score (nSPS) is 31.8. The maximum atomic E-state index is 5.27. The molecule has 0 spiro atoms. The van der Waals surface area contributed by atoms with Crippen molar-refractivity contribution in [3.63, 3.8) is 0 Å². The zero-order valence-electron chi connectivity index (χ0n) is 3.39. The summed E-state index contributed by atoms with van der Waals surface area (Å²) in [6, 6.07) is 0. The van der Waals surface area contributed by atoms with E-state index in [0.717, 1.165) is 0 Å². The Bertz CT molecular complexity index is 68.4. The van der Waals surface area contributed by atoms with E-state index in [1.54, 1.807) is 6.21 Å². The van der Waals surface area contributed by atoms with Crippen molar-refractivity contribution in [3.8, 4) is 0 Å². The van der Waals surface area contributed by atoms with Crippen LogP contribution in [-0.4, -0.2) is 19.0 Å². The van der Waals surface area contributed by atoms with Gasteiger partial charge in [0.25, 0.3) is 0 Å². The third-order valence-electron chi connectivity index (χ3n) is 0.684. The van der Waals surface area contributed by atoms with E-state index in [1.165, 1.54) is 0 Å². The highest BCUT2D eigenvalue weighted by atomic mass is 15.1. The topological polar surface area (TPSA) is 50.4 Å². The van der Waals surface area contributed by atoms with Crippen molar-refractivity contribution in [1.82, 2.24) is 5.32 Å². The van der Waals surface area contributed by atoms with E-state index < -0.39 is 0 Å². The quantitative estimate of drug-likeness (QED) is 0.392. The fraction of sp³-hybridized carbons (Fsp3) is 0.667. The lowest BCUT2D eigenvalue weighted by Gasteiger charge is -1.92. The van der Waals surface area contributed by atoms with E-state index in [0.29, 0.717) is 6.67 Å². The van der Waals surface area contributed by atoms with Crippen molar-refractivity contribution in [2.45, 2.75) is 6.17 Å². The van der Waals surface area contributed by atoms with Gasteiger partial charge < -0.3 is 5.73 Å². The summed E-state index contributed by atoms with van der Waals surface area (Å²) in [5.74, 6) is 0.